The molecule has 0 bridgehead atoms. The summed E-state index contributed by atoms with van der Waals surface area (Å²) in [5.74, 6) is -1.95. The summed E-state index contributed by atoms with van der Waals surface area (Å²) >= 11 is 0. The third-order valence-electron chi connectivity index (χ3n) is 1.53. The molecule has 0 aliphatic rings. The number of carboxylic acids is 1. The number of hydrogen-bond acceptors (Lipinski definition) is 6. The standard InChI is InChI=1S/C7H10N4O4/c1-2-15-7(14)5-6(8)11(10-9-5)3-4(12)13/h2-3,8H2,1H3,(H,12,13). The van der Waals surface area contributed by atoms with Crippen LogP contribution < -0.4 is 5.73 Å². The van der Waals surface area contributed by atoms with E-state index in [1.165, 1.54) is 0 Å². The van der Waals surface area contributed by atoms with Crippen LogP contribution in [0.3, 0.4) is 0 Å². The topological polar surface area (TPSA) is 120 Å². The fraction of sp³-hybridized carbons (Fsp3) is 0.429. The van der Waals surface area contributed by atoms with E-state index in [9.17, 15) is 9.59 Å². The van der Waals surface area contributed by atoms with E-state index >= 15 is 0 Å². The van der Waals surface area contributed by atoms with Gasteiger partial charge in [0.25, 0.3) is 0 Å². The second-order valence-corrected chi connectivity index (χ2v) is 2.60. The molecule has 0 saturated heterocycles. The Balaban J connectivity index is 2.88. The van der Waals surface area contributed by atoms with Crippen molar-refractivity contribution < 1.29 is 19.4 Å². The van der Waals surface area contributed by atoms with Gasteiger partial charge in [-0.05, 0) is 6.92 Å². The molecule has 0 saturated carbocycles. The van der Waals surface area contributed by atoms with E-state index in [1.54, 1.807) is 6.92 Å². The minimum Gasteiger partial charge on any atom is -0.480 e. The molecule has 0 aliphatic carbocycles. The molecule has 0 spiro atoms. The first-order chi connectivity index (χ1) is 7.06. The molecule has 0 atom stereocenters. The maximum absolute atomic E-state index is 11.2. The largest absolute Gasteiger partial charge is 0.480 e. The quantitative estimate of drug-likeness (QED) is 0.624. The normalized spacial score (nSPS) is 9.93. The molecule has 0 unspecified atom stereocenters. The van der Waals surface area contributed by atoms with E-state index in [1.807, 2.05) is 0 Å². The summed E-state index contributed by atoms with van der Waals surface area (Å²) in [5, 5.41) is 15.3. The van der Waals surface area contributed by atoms with Crippen molar-refractivity contribution in [3.8, 4) is 0 Å². The van der Waals surface area contributed by atoms with Crippen LogP contribution in [0.4, 0.5) is 5.82 Å². The number of aliphatic carboxylic acids is 1. The van der Waals surface area contributed by atoms with Crippen molar-refractivity contribution >= 4 is 17.8 Å². The van der Waals surface area contributed by atoms with Gasteiger partial charge in [0, 0.05) is 0 Å². The van der Waals surface area contributed by atoms with Crippen molar-refractivity contribution in [2.45, 2.75) is 13.5 Å². The van der Waals surface area contributed by atoms with Gasteiger partial charge in [0.15, 0.2) is 5.82 Å². The van der Waals surface area contributed by atoms with E-state index in [4.69, 9.17) is 10.8 Å². The Morgan fingerprint density at radius 3 is 2.80 bits per heavy atom. The summed E-state index contributed by atoms with van der Waals surface area (Å²) in [6, 6.07) is 0. The van der Waals surface area contributed by atoms with Crippen LogP contribution in [0.2, 0.25) is 0 Å². The van der Waals surface area contributed by atoms with Crippen molar-refractivity contribution in [1.82, 2.24) is 15.0 Å². The maximum Gasteiger partial charge on any atom is 0.362 e. The second kappa shape index (κ2) is 4.40. The number of ether oxygens (including phenoxy) is 1. The molecule has 1 heterocycles. The van der Waals surface area contributed by atoms with Crippen LogP contribution in [0.25, 0.3) is 0 Å². The molecular weight excluding hydrogens is 204 g/mol. The number of rotatable bonds is 4. The first kappa shape index (κ1) is 11.0. The zero-order chi connectivity index (χ0) is 11.4. The van der Waals surface area contributed by atoms with Gasteiger partial charge in [-0.2, -0.15) is 0 Å². The van der Waals surface area contributed by atoms with Crippen molar-refractivity contribution in [2.75, 3.05) is 12.3 Å². The van der Waals surface area contributed by atoms with Gasteiger partial charge in [-0.25, -0.2) is 9.48 Å². The number of carboxylic acid groups (broad SMARTS) is 1. The highest BCUT2D eigenvalue weighted by Crippen LogP contribution is 2.08. The molecule has 15 heavy (non-hydrogen) atoms. The number of nitrogen functional groups attached to an aromatic ring is 1. The van der Waals surface area contributed by atoms with Crippen LogP contribution in [-0.4, -0.2) is 38.6 Å². The first-order valence-corrected chi connectivity index (χ1v) is 4.14. The Hall–Kier alpha value is -2.12. The van der Waals surface area contributed by atoms with Gasteiger partial charge in [0.2, 0.25) is 5.69 Å². The lowest BCUT2D eigenvalue weighted by Gasteiger charge is -1.99. The Morgan fingerprint density at radius 2 is 2.27 bits per heavy atom. The molecular formula is C7H10N4O4. The van der Waals surface area contributed by atoms with Gasteiger partial charge < -0.3 is 15.6 Å². The zero-order valence-electron chi connectivity index (χ0n) is 8.01. The van der Waals surface area contributed by atoms with Crippen LogP contribution in [0.5, 0.6) is 0 Å². The average molecular weight is 214 g/mol. The minimum atomic E-state index is -1.12. The summed E-state index contributed by atoms with van der Waals surface area (Å²) in [4.78, 5) is 21.6. The highest BCUT2D eigenvalue weighted by atomic mass is 16.5. The van der Waals surface area contributed by atoms with Crippen LogP contribution in [-0.2, 0) is 16.1 Å². The molecule has 1 aromatic rings. The van der Waals surface area contributed by atoms with Crippen molar-refractivity contribution in [3.63, 3.8) is 0 Å². The predicted octanol–water partition coefficient (Wildman–Crippen LogP) is -0.878. The number of esters is 1. The van der Waals surface area contributed by atoms with E-state index in [2.05, 4.69) is 15.0 Å². The van der Waals surface area contributed by atoms with Crippen molar-refractivity contribution in [2.24, 2.45) is 0 Å². The number of anilines is 1. The number of aromatic nitrogens is 3. The lowest BCUT2D eigenvalue weighted by atomic mass is 10.4. The minimum absolute atomic E-state index is 0.115. The summed E-state index contributed by atoms with van der Waals surface area (Å²) in [6.45, 7) is 1.37. The molecule has 0 amide bonds. The lowest BCUT2D eigenvalue weighted by Crippen LogP contribution is -2.14. The molecule has 8 heteroatoms. The smallest absolute Gasteiger partial charge is 0.362 e. The zero-order valence-corrected chi connectivity index (χ0v) is 8.01. The summed E-state index contributed by atoms with van der Waals surface area (Å²) in [7, 11) is 0. The molecule has 3 N–H and O–H groups in total. The first-order valence-electron chi connectivity index (χ1n) is 4.14. The van der Waals surface area contributed by atoms with E-state index in [0.717, 1.165) is 4.68 Å². The van der Waals surface area contributed by atoms with Crippen LogP contribution in [0.1, 0.15) is 17.4 Å². The van der Waals surface area contributed by atoms with Gasteiger partial charge in [-0.3, -0.25) is 4.79 Å². The van der Waals surface area contributed by atoms with E-state index < -0.39 is 18.5 Å². The van der Waals surface area contributed by atoms with Gasteiger partial charge in [-0.15, -0.1) is 5.10 Å². The summed E-state index contributed by atoms with van der Waals surface area (Å²) in [6.07, 6.45) is 0. The number of hydrogen-bond donors (Lipinski definition) is 2. The highest BCUT2D eigenvalue weighted by molar-refractivity contribution is 5.91. The van der Waals surface area contributed by atoms with Gasteiger partial charge in [-0.1, -0.05) is 5.21 Å². The van der Waals surface area contributed by atoms with Gasteiger partial charge in [0.1, 0.15) is 6.54 Å². The fourth-order valence-electron chi connectivity index (χ4n) is 0.910. The predicted molar refractivity (Wildman–Crippen MR) is 48.0 cm³/mol. The Labute approximate surface area is 84.6 Å². The highest BCUT2D eigenvalue weighted by Gasteiger charge is 2.19. The summed E-state index contributed by atoms with van der Waals surface area (Å²) in [5.41, 5.74) is 5.29. The third-order valence-corrected chi connectivity index (χ3v) is 1.53. The number of carbonyl (C=O) groups excluding carboxylic acids is 1. The van der Waals surface area contributed by atoms with Crippen LogP contribution >= 0.6 is 0 Å². The molecule has 82 valence electrons. The van der Waals surface area contributed by atoms with E-state index in [0.29, 0.717) is 0 Å². The molecule has 1 rings (SSSR count). The molecule has 8 nitrogen and oxygen atoms in total. The van der Waals surface area contributed by atoms with Crippen LogP contribution in [0, 0.1) is 0 Å². The number of nitrogens with zero attached hydrogens (tertiary/aromatic N) is 3. The van der Waals surface area contributed by atoms with E-state index in [-0.39, 0.29) is 18.1 Å². The van der Waals surface area contributed by atoms with Gasteiger partial charge in [0.05, 0.1) is 6.61 Å². The Kier molecular flexibility index (Phi) is 3.21. The van der Waals surface area contributed by atoms with Gasteiger partial charge >= 0.3 is 11.9 Å². The Morgan fingerprint density at radius 1 is 1.60 bits per heavy atom. The number of nitrogens with two attached hydrogens (primary N) is 1. The average Bonchev–Trinajstić information content (AvgIpc) is 2.48. The maximum atomic E-state index is 11.2. The van der Waals surface area contributed by atoms with Crippen molar-refractivity contribution in [3.05, 3.63) is 5.69 Å². The molecule has 0 aliphatic heterocycles. The third kappa shape index (κ3) is 2.42. The molecule has 0 fully saturated rings. The lowest BCUT2D eigenvalue weighted by molar-refractivity contribution is -0.137. The fourth-order valence-corrected chi connectivity index (χ4v) is 0.910. The second-order valence-electron chi connectivity index (χ2n) is 2.60. The SMILES string of the molecule is CCOC(=O)c1nnn(CC(=O)O)c1N. The van der Waals surface area contributed by atoms with Crippen molar-refractivity contribution in [1.29, 1.82) is 0 Å². The Bertz CT molecular complexity index is 386. The monoisotopic (exact) mass is 214 g/mol. The number of carbonyl (C=O) groups is 2. The summed E-state index contributed by atoms with van der Waals surface area (Å²) < 4.78 is 5.56. The molecule has 0 aromatic carbocycles. The molecule has 1 aromatic heterocycles. The molecule has 0 radical (unpaired) electrons. The van der Waals surface area contributed by atoms with Crippen LogP contribution in [0.15, 0.2) is 0 Å².